The van der Waals surface area contributed by atoms with Gasteiger partial charge in [-0.3, -0.25) is 14.2 Å². The molecule has 2 aromatic rings. The summed E-state index contributed by atoms with van der Waals surface area (Å²) in [5.74, 6) is 0. The smallest absolute Gasteiger partial charge is 0.266 e. The highest BCUT2D eigenvalue weighted by Crippen LogP contribution is 2.07. The summed E-state index contributed by atoms with van der Waals surface area (Å²) >= 11 is 1.03. The molecule has 0 spiro atoms. The lowest BCUT2D eigenvalue weighted by Crippen LogP contribution is -2.02. The Labute approximate surface area is 72.2 Å². The summed E-state index contributed by atoms with van der Waals surface area (Å²) < 4.78 is 6.40. The number of hydrogen-bond donors (Lipinski definition) is 1. The van der Waals surface area contributed by atoms with Crippen molar-refractivity contribution in [1.29, 1.82) is 0 Å². The Morgan fingerprint density at radius 3 is 2.92 bits per heavy atom. The van der Waals surface area contributed by atoms with E-state index in [4.69, 9.17) is 0 Å². The van der Waals surface area contributed by atoms with Crippen LogP contribution < -0.4 is 5.56 Å². The van der Waals surface area contributed by atoms with Crippen LogP contribution in [0.4, 0.5) is 0 Å². The average molecular weight is 179 g/mol. The molecule has 5 heteroatoms. The molecule has 2 rings (SSSR count). The maximum absolute atomic E-state index is 11.1. The van der Waals surface area contributed by atoms with Crippen molar-refractivity contribution in [2.24, 2.45) is 0 Å². The second-order valence-electron chi connectivity index (χ2n) is 2.18. The zero-order valence-electron chi connectivity index (χ0n) is 6.02. The van der Waals surface area contributed by atoms with Crippen molar-refractivity contribution >= 4 is 11.7 Å². The van der Waals surface area contributed by atoms with Crippen LogP contribution in [0.3, 0.4) is 0 Å². The van der Waals surface area contributed by atoms with Crippen LogP contribution >= 0.6 is 11.7 Å². The summed E-state index contributed by atoms with van der Waals surface area (Å²) in [5, 5.41) is 0. The number of aromatic nitrogens is 3. The minimum atomic E-state index is -0.182. The third kappa shape index (κ3) is 1.14. The van der Waals surface area contributed by atoms with Gasteiger partial charge >= 0.3 is 0 Å². The van der Waals surface area contributed by atoms with Crippen LogP contribution in [0, 0.1) is 0 Å². The lowest BCUT2D eigenvalue weighted by molar-refractivity contribution is 1.28. The monoisotopic (exact) mass is 179 g/mol. The molecule has 0 aromatic carbocycles. The quantitative estimate of drug-likeness (QED) is 0.707. The zero-order chi connectivity index (χ0) is 8.39. The molecule has 12 heavy (non-hydrogen) atoms. The third-order valence-electron chi connectivity index (χ3n) is 1.40. The number of nitrogens with one attached hydrogen (secondary N) is 1. The predicted molar refractivity (Wildman–Crippen MR) is 46.0 cm³/mol. The number of nitrogens with zero attached hydrogens (tertiary/aromatic N) is 2. The van der Waals surface area contributed by atoms with Crippen molar-refractivity contribution in [3.8, 4) is 11.4 Å². The van der Waals surface area contributed by atoms with Crippen LogP contribution in [-0.4, -0.2) is 13.7 Å². The van der Waals surface area contributed by atoms with E-state index in [-0.39, 0.29) is 5.56 Å². The maximum atomic E-state index is 11.1. The van der Waals surface area contributed by atoms with Gasteiger partial charge in [0.1, 0.15) is 0 Å². The second kappa shape index (κ2) is 2.86. The van der Waals surface area contributed by atoms with E-state index < -0.39 is 0 Å². The molecule has 0 bridgehead atoms. The maximum Gasteiger partial charge on any atom is 0.287 e. The number of aromatic amines is 1. The summed E-state index contributed by atoms with van der Waals surface area (Å²) in [5.41, 5.74) is 0.819. The van der Waals surface area contributed by atoms with Crippen molar-refractivity contribution < 1.29 is 0 Å². The van der Waals surface area contributed by atoms with Crippen molar-refractivity contribution in [2.45, 2.75) is 0 Å². The molecule has 0 fully saturated rings. The van der Waals surface area contributed by atoms with Gasteiger partial charge in [-0.05, 0) is 12.1 Å². The first kappa shape index (κ1) is 7.17. The van der Waals surface area contributed by atoms with Crippen LogP contribution in [0.15, 0.2) is 29.2 Å². The summed E-state index contributed by atoms with van der Waals surface area (Å²) in [6.45, 7) is 0. The number of hydrogen-bond acceptors (Lipinski definition) is 4. The number of rotatable bonds is 1. The first-order valence-corrected chi connectivity index (χ1v) is 4.11. The molecular formula is C7H5N3OS. The molecule has 4 nitrogen and oxygen atoms in total. The highest BCUT2D eigenvalue weighted by Gasteiger charge is 2.05. The van der Waals surface area contributed by atoms with Gasteiger partial charge in [0.05, 0.1) is 5.69 Å². The minimum Gasteiger partial charge on any atom is -0.266 e. The zero-order valence-corrected chi connectivity index (χ0v) is 6.84. The molecular weight excluding hydrogens is 174 g/mol. The van der Waals surface area contributed by atoms with E-state index in [2.05, 4.69) is 13.7 Å². The van der Waals surface area contributed by atoms with Gasteiger partial charge in [-0.25, -0.2) is 0 Å². The topological polar surface area (TPSA) is 58.6 Å². The van der Waals surface area contributed by atoms with Crippen molar-refractivity contribution in [3.63, 3.8) is 0 Å². The van der Waals surface area contributed by atoms with Gasteiger partial charge in [0.2, 0.25) is 0 Å². The van der Waals surface area contributed by atoms with Gasteiger partial charge in [0.15, 0.2) is 5.69 Å². The van der Waals surface area contributed by atoms with Gasteiger partial charge in [-0.15, -0.1) is 0 Å². The molecule has 0 radical (unpaired) electrons. The van der Waals surface area contributed by atoms with Gasteiger partial charge in [-0.2, -0.15) is 4.37 Å². The van der Waals surface area contributed by atoms with Crippen molar-refractivity contribution in [2.75, 3.05) is 0 Å². The Morgan fingerprint density at radius 2 is 2.33 bits per heavy atom. The van der Waals surface area contributed by atoms with E-state index in [1.807, 2.05) is 6.07 Å². The predicted octanol–water partition coefficient (Wildman–Crippen LogP) is 0.893. The summed E-state index contributed by atoms with van der Waals surface area (Å²) in [4.78, 5) is 15.1. The fraction of sp³-hybridized carbons (Fsp3) is 0. The van der Waals surface area contributed by atoms with E-state index in [1.54, 1.807) is 18.3 Å². The first-order chi connectivity index (χ1) is 5.88. The standard InChI is InChI=1S/C7H5N3OS/c11-7-6(9-12-10-7)5-3-1-2-4-8-5/h1-4H,(H,10,11). The molecule has 0 saturated carbocycles. The highest BCUT2D eigenvalue weighted by molar-refractivity contribution is 6.99. The Balaban J connectivity index is 2.59. The molecule has 60 valence electrons. The Kier molecular flexibility index (Phi) is 1.71. The van der Waals surface area contributed by atoms with Gasteiger partial charge in [0, 0.05) is 17.9 Å². The van der Waals surface area contributed by atoms with Gasteiger partial charge < -0.3 is 0 Å². The largest absolute Gasteiger partial charge is 0.287 e. The van der Waals surface area contributed by atoms with E-state index in [1.165, 1.54) is 0 Å². The van der Waals surface area contributed by atoms with E-state index in [9.17, 15) is 4.79 Å². The number of H-pyrrole nitrogens is 1. The molecule has 0 amide bonds. The van der Waals surface area contributed by atoms with Gasteiger partial charge in [-0.1, -0.05) is 6.07 Å². The van der Waals surface area contributed by atoms with Crippen LogP contribution in [0.1, 0.15) is 0 Å². The molecule has 0 atom stereocenters. The van der Waals surface area contributed by atoms with E-state index >= 15 is 0 Å². The highest BCUT2D eigenvalue weighted by atomic mass is 32.1. The lowest BCUT2D eigenvalue weighted by atomic mass is 10.3. The minimum absolute atomic E-state index is 0.182. The normalized spacial score (nSPS) is 10.0. The van der Waals surface area contributed by atoms with Crippen LogP contribution in [0.5, 0.6) is 0 Å². The van der Waals surface area contributed by atoms with Crippen molar-refractivity contribution in [3.05, 3.63) is 34.7 Å². The lowest BCUT2D eigenvalue weighted by Gasteiger charge is -1.89. The first-order valence-electron chi connectivity index (χ1n) is 3.33. The Hall–Kier alpha value is -1.49. The average Bonchev–Trinajstić information content (AvgIpc) is 2.53. The second-order valence-corrected chi connectivity index (χ2v) is 2.75. The molecule has 0 aliphatic carbocycles. The fourth-order valence-electron chi connectivity index (χ4n) is 0.866. The fourth-order valence-corrected chi connectivity index (χ4v) is 1.36. The van der Waals surface area contributed by atoms with E-state index in [0.717, 1.165) is 11.7 Å². The molecule has 1 N–H and O–H groups in total. The molecule has 0 saturated heterocycles. The summed E-state index contributed by atoms with van der Waals surface area (Å²) in [7, 11) is 0. The van der Waals surface area contributed by atoms with Gasteiger partial charge in [0.25, 0.3) is 5.56 Å². The summed E-state index contributed by atoms with van der Waals surface area (Å²) in [6, 6.07) is 5.37. The van der Waals surface area contributed by atoms with E-state index in [0.29, 0.717) is 11.4 Å². The third-order valence-corrected chi connectivity index (χ3v) is 1.95. The number of pyridine rings is 1. The van der Waals surface area contributed by atoms with Crippen LogP contribution in [0.25, 0.3) is 11.4 Å². The SMILES string of the molecule is O=c1[nH]snc1-c1ccccn1. The Morgan fingerprint density at radius 1 is 1.42 bits per heavy atom. The molecule has 2 heterocycles. The van der Waals surface area contributed by atoms with Crippen LogP contribution in [-0.2, 0) is 0 Å². The molecule has 0 aliphatic rings. The molecule has 2 aromatic heterocycles. The Bertz CT molecular complexity index is 419. The van der Waals surface area contributed by atoms with Crippen molar-refractivity contribution in [1.82, 2.24) is 13.7 Å². The molecule has 0 unspecified atom stereocenters. The van der Waals surface area contributed by atoms with Crippen LogP contribution in [0.2, 0.25) is 0 Å². The summed E-state index contributed by atoms with van der Waals surface area (Å²) in [6.07, 6.45) is 1.63. The molecule has 0 aliphatic heterocycles.